The molecule has 7 heteroatoms. The van der Waals surface area contributed by atoms with Crippen molar-refractivity contribution in [3.05, 3.63) is 63.6 Å². The fourth-order valence-corrected chi connectivity index (χ4v) is 2.75. The van der Waals surface area contributed by atoms with Gasteiger partial charge in [-0.05, 0) is 37.1 Å². The molecule has 0 fully saturated rings. The van der Waals surface area contributed by atoms with Crippen LogP contribution < -0.4 is 15.6 Å². The highest BCUT2D eigenvalue weighted by atomic mass is 16.5. The van der Waals surface area contributed by atoms with Crippen molar-refractivity contribution in [2.24, 2.45) is 0 Å². The number of benzene rings is 1. The summed E-state index contributed by atoms with van der Waals surface area (Å²) in [5, 5.41) is 2.44. The van der Waals surface area contributed by atoms with Crippen molar-refractivity contribution in [3.63, 3.8) is 0 Å². The SMILES string of the molecule is CCCCOC(=O)c1cc(C(=O)NC)c(=O)n([C@H](C)c2cccc(OC)c2)c1. The summed E-state index contributed by atoms with van der Waals surface area (Å²) in [5.74, 6) is -0.468. The lowest BCUT2D eigenvalue weighted by Crippen LogP contribution is -2.34. The Balaban J connectivity index is 2.51. The van der Waals surface area contributed by atoms with Crippen LogP contribution >= 0.6 is 0 Å². The first-order chi connectivity index (χ1) is 13.4. The molecular formula is C21H26N2O5. The van der Waals surface area contributed by atoms with Crippen LogP contribution in [0.4, 0.5) is 0 Å². The molecule has 0 spiro atoms. The molecule has 0 unspecified atom stereocenters. The molecule has 2 aromatic rings. The zero-order chi connectivity index (χ0) is 20.7. The van der Waals surface area contributed by atoms with Crippen LogP contribution in [-0.2, 0) is 4.74 Å². The first-order valence-electron chi connectivity index (χ1n) is 9.22. The highest BCUT2D eigenvalue weighted by molar-refractivity contribution is 5.97. The molecule has 2 rings (SSSR count). The van der Waals surface area contributed by atoms with Crippen LogP contribution in [0.25, 0.3) is 0 Å². The minimum atomic E-state index is -0.565. The minimum absolute atomic E-state index is 0.109. The van der Waals surface area contributed by atoms with E-state index in [2.05, 4.69) is 5.32 Å². The van der Waals surface area contributed by atoms with Crippen LogP contribution in [0.15, 0.2) is 41.3 Å². The zero-order valence-electron chi connectivity index (χ0n) is 16.7. The average Bonchev–Trinajstić information content (AvgIpc) is 2.72. The quantitative estimate of drug-likeness (QED) is 0.557. The number of nitrogens with one attached hydrogen (secondary N) is 1. The zero-order valence-corrected chi connectivity index (χ0v) is 16.7. The number of rotatable bonds is 8. The van der Waals surface area contributed by atoms with Crippen molar-refractivity contribution in [3.8, 4) is 5.75 Å². The third-order valence-electron chi connectivity index (χ3n) is 4.47. The van der Waals surface area contributed by atoms with Gasteiger partial charge >= 0.3 is 5.97 Å². The Bertz CT molecular complexity index is 904. The molecule has 0 saturated heterocycles. The molecule has 1 amide bonds. The van der Waals surface area contributed by atoms with Crippen LogP contribution in [0.5, 0.6) is 5.75 Å². The maximum atomic E-state index is 12.9. The van der Waals surface area contributed by atoms with Crippen molar-refractivity contribution in [1.29, 1.82) is 0 Å². The average molecular weight is 386 g/mol. The minimum Gasteiger partial charge on any atom is -0.497 e. The predicted molar refractivity (Wildman–Crippen MR) is 106 cm³/mol. The van der Waals surface area contributed by atoms with E-state index in [0.717, 1.165) is 18.4 Å². The van der Waals surface area contributed by atoms with Crippen LogP contribution in [0.2, 0.25) is 0 Å². The van der Waals surface area contributed by atoms with E-state index in [9.17, 15) is 14.4 Å². The molecule has 7 nitrogen and oxygen atoms in total. The smallest absolute Gasteiger partial charge is 0.339 e. The van der Waals surface area contributed by atoms with E-state index in [0.29, 0.717) is 5.75 Å². The Kier molecular flexibility index (Phi) is 7.37. The number of unbranched alkanes of at least 4 members (excludes halogenated alkanes) is 1. The summed E-state index contributed by atoms with van der Waals surface area (Å²) < 4.78 is 11.9. The van der Waals surface area contributed by atoms with Crippen LogP contribution in [0.1, 0.15) is 59.0 Å². The molecule has 0 saturated carbocycles. The number of esters is 1. The van der Waals surface area contributed by atoms with Gasteiger partial charge in [0.15, 0.2) is 0 Å². The molecule has 0 aliphatic carbocycles. The van der Waals surface area contributed by atoms with Gasteiger partial charge < -0.3 is 19.4 Å². The Labute approximate surface area is 164 Å². The van der Waals surface area contributed by atoms with Gasteiger partial charge in [0.25, 0.3) is 11.5 Å². The van der Waals surface area contributed by atoms with E-state index >= 15 is 0 Å². The second kappa shape index (κ2) is 9.73. The Hall–Kier alpha value is -3.09. The van der Waals surface area contributed by atoms with Gasteiger partial charge in [-0.1, -0.05) is 25.5 Å². The van der Waals surface area contributed by atoms with E-state index < -0.39 is 23.5 Å². The first kappa shape index (κ1) is 21.2. The fraction of sp³-hybridized carbons (Fsp3) is 0.381. The first-order valence-corrected chi connectivity index (χ1v) is 9.22. The molecule has 150 valence electrons. The molecule has 28 heavy (non-hydrogen) atoms. The van der Waals surface area contributed by atoms with Crippen molar-refractivity contribution >= 4 is 11.9 Å². The standard InChI is InChI=1S/C21H26N2O5/c1-5-6-10-28-21(26)16-12-18(19(24)22-3)20(25)23(13-16)14(2)15-8-7-9-17(11-15)27-4/h7-9,11-14H,5-6,10H2,1-4H3,(H,22,24)/t14-/m1/s1. The van der Waals surface area contributed by atoms with Gasteiger partial charge in [-0.25, -0.2) is 4.79 Å². The van der Waals surface area contributed by atoms with E-state index in [-0.39, 0.29) is 17.7 Å². The largest absolute Gasteiger partial charge is 0.497 e. The number of pyridine rings is 1. The lowest BCUT2D eigenvalue weighted by molar-refractivity contribution is 0.0498. The van der Waals surface area contributed by atoms with E-state index in [1.807, 2.05) is 32.0 Å². The second-order valence-electron chi connectivity index (χ2n) is 6.38. The van der Waals surface area contributed by atoms with E-state index in [1.54, 1.807) is 13.2 Å². The Morgan fingerprint density at radius 2 is 2.00 bits per heavy atom. The van der Waals surface area contributed by atoms with Crippen molar-refractivity contribution in [2.45, 2.75) is 32.7 Å². The summed E-state index contributed by atoms with van der Waals surface area (Å²) in [7, 11) is 3.00. The number of hydrogen-bond acceptors (Lipinski definition) is 5. The number of carbonyl (C=O) groups is 2. The van der Waals surface area contributed by atoms with Gasteiger partial charge in [0.2, 0.25) is 0 Å². The fourth-order valence-electron chi connectivity index (χ4n) is 2.75. The van der Waals surface area contributed by atoms with Crippen LogP contribution in [0.3, 0.4) is 0 Å². The highest BCUT2D eigenvalue weighted by Gasteiger charge is 2.20. The molecule has 1 aromatic heterocycles. The summed E-state index contributed by atoms with van der Waals surface area (Å²) in [4.78, 5) is 37.5. The van der Waals surface area contributed by atoms with Gasteiger partial charge in [-0.2, -0.15) is 0 Å². The summed E-state index contributed by atoms with van der Waals surface area (Å²) >= 11 is 0. The molecule has 0 aliphatic rings. The van der Waals surface area contributed by atoms with Gasteiger partial charge in [0, 0.05) is 13.2 Å². The molecule has 1 N–H and O–H groups in total. The maximum absolute atomic E-state index is 12.9. The lowest BCUT2D eigenvalue weighted by atomic mass is 10.1. The number of ether oxygens (including phenoxy) is 2. The summed E-state index contributed by atoms with van der Waals surface area (Å²) in [6, 6.07) is 8.14. The highest BCUT2D eigenvalue weighted by Crippen LogP contribution is 2.22. The lowest BCUT2D eigenvalue weighted by Gasteiger charge is -2.18. The van der Waals surface area contributed by atoms with Crippen LogP contribution in [-0.4, -0.2) is 37.2 Å². The van der Waals surface area contributed by atoms with Gasteiger partial charge in [0.05, 0.1) is 25.3 Å². The molecule has 0 aliphatic heterocycles. The van der Waals surface area contributed by atoms with E-state index in [4.69, 9.17) is 9.47 Å². The number of methoxy groups -OCH3 is 1. The van der Waals surface area contributed by atoms with Crippen LogP contribution in [0, 0.1) is 0 Å². The van der Waals surface area contributed by atoms with Gasteiger partial charge in [-0.3, -0.25) is 9.59 Å². The number of aromatic nitrogens is 1. The number of carbonyl (C=O) groups excluding carboxylic acids is 2. The van der Waals surface area contributed by atoms with Crippen molar-refractivity contribution in [1.82, 2.24) is 9.88 Å². The predicted octanol–water partition coefficient (Wildman–Crippen LogP) is 2.78. The maximum Gasteiger partial charge on any atom is 0.339 e. The molecule has 1 aromatic carbocycles. The second-order valence-corrected chi connectivity index (χ2v) is 6.38. The molecule has 0 radical (unpaired) electrons. The number of amides is 1. The molecule has 0 bridgehead atoms. The monoisotopic (exact) mass is 386 g/mol. The van der Waals surface area contributed by atoms with Gasteiger partial charge in [0.1, 0.15) is 11.3 Å². The van der Waals surface area contributed by atoms with Crippen molar-refractivity contribution < 1.29 is 19.1 Å². The topological polar surface area (TPSA) is 86.6 Å². The third-order valence-corrected chi connectivity index (χ3v) is 4.47. The van der Waals surface area contributed by atoms with E-state index in [1.165, 1.54) is 23.9 Å². The Morgan fingerprint density at radius 3 is 2.64 bits per heavy atom. The number of hydrogen-bond donors (Lipinski definition) is 1. The third kappa shape index (κ3) is 4.79. The Morgan fingerprint density at radius 1 is 1.25 bits per heavy atom. The number of nitrogens with zero attached hydrogens (tertiary/aromatic N) is 1. The summed E-state index contributed by atoms with van der Waals surface area (Å²) in [6.07, 6.45) is 3.07. The summed E-state index contributed by atoms with van der Waals surface area (Å²) in [5.41, 5.74) is 0.367. The van der Waals surface area contributed by atoms with Crippen molar-refractivity contribution in [2.75, 3.05) is 20.8 Å². The van der Waals surface area contributed by atoms with Gasteiger partial charge in [-0.15, -0.1) is 0 Å². The molecular weight excluding hydrogens is 360 g/mol. The summed E-state index contributed by atoms with van der Waals surface area (Å²) in [6.45, 7) is 4.10. The normalized spacial score (nSPS) is 11.6. The molecule has 1 heterocycles. The molecule has 1 atom stereocenters.